The Hall–Kier alpha value is -0.370. The fourth-order valence-corrected chi connectivity index (χ4v) is 0.187. The lowest BCUT2D eigenvalue weighted by atomic mass is 10.8. The van der Waals surface area contributed by atoms with Gasteiger partial charge in [-0.05, 0) is 6.20 Å². The highest BCUT2D eigenvalue weighted by atomic mass is 32.1. The summed E-state index contributed by atoms with van der Waals surface area (Å²) in [5, 5.41) is 0.704. The molecule has 0 spiro atoms. The highest BCUT2D eigenvalue weighted by molar-refractivity contribution is 7.84. The van der Waals surface area contributed by atoms with Crippen molar-refractivity contribution in [1.29, 1.82) is 0 Å². The molecule has 0 N–H and O–H groups in total. The average Bonchev–Trinajstić information content (AvgIpc) is 1.65. The van der Waals surface area contributed by atoms with Crippen molar-refractivity contribution >= 4 is 12.6 Å². The van der Waals surface area contributed by atoms with E-state index in [1.165, 1.54) is 0 Å². The standard InChI is InChI=1S/C5H9NS/c1-4-6(3)5(2)7/h4,7H,1-2H2,3H3. The maximum absolute atomic E-state index is 3.93. The van der Waals surface area contributed by atoms with Crippen LogP contribution in [0.1, 0.15) is 0 Å². The lowest BCUT2D eigenvalue weighted by Crippen LogP contribution is -2.02. The summed E-state index contributed by atoms with van der Waals surface area (Å²) in [5.41, 5.74) is 0. The van der Waals surface area contributed by atoms with Gasteiger partial charge in [-0.1, -0.05) is 13.2 Å². The molecule has 0 aromatic carbocycles. The quantitative estimate of drug-likeness (QED) is 0.533. The summed E-state index contributed by atoms with van der Waals surface area (Å²) in [5.74, 6) is 0. The summed E-state index contributed by atoms with van der Waals surface area (Å²) in [6.07, 6.45) is 1.65. The minimum atomic E-state index is 0.704. The van der Waals surface area contributed by atoms with E-state index in [2.05, 4.69) is 25.8 Å². The van der Waals surface area contributed by atoms with Crippen molar-refractivity contribution in [3.05, 3.63) is 24.4 Å². The van der Waals surface area contributed by atoms with Crippen LogP contribution in [0, 0.1) is 0 Å². The minimum absolute atomic E-state index is 0.704. The molecule has 0 aliphatic carbocycles. The Balaban J connectivity index is 3.55. The van der Waals surface area contributed by atoms with E-state index in [4.69, 9.17) is 0 Å². The highest BCUT2D eigenvalue weighted by Crippen LogP contribution is 2.00. The third-order valence-corrected chi connectivity index (χ3v) is 0.996. The van der Waals surface area contributed by atoms with Crippen LogP contribution in [0.25, 0.3) is 0 Å². The van der Waals surface area contributed by atoms with E-state index in [0.717, 1.165) is 0 Å². The molecule has 1 nitrogen and oxygen atoms in total. The highest BCUT2D eigenvalue weighted by Gasteiger charge is 1.84. The van der Waals surface area contributed by atoms with Crippen molar-refractivity contribution < 1.29 is 0 Å². The van der Waals surface area contributed by atoms with Crippen molar-refractivity contribution in [3.8, 4) is 0 Å². The first-order valence-corrected chi connectivity index (χ1v) is 2.36. The Morgan fingerprint density at radius 1 is 1.86 bits per heavy atom. The van der Waals surface area contributed by atoms with Gasteiger partial charge in [-0.25, -0.2) is 0 Å². The summed E-state index contributed by atoms with van der Waals surface area (Å²) < 4.78 is 0. The molecule has 0 saturated heterocycles. The fraction of sp³-hybridized carbons (Fsp3) is 0.200. The van der Waals surface area contributed by atoms with Gasteiger partial charge in [0.25, 0.3) is 0 Å². The molecule has 0 rings (SSSR count). The van der Waals surface area contributed by atoms with Crippen LogP contribution >= 0.6 is 12.6 Å². The van der Waals surface area contributed by atoms with Crippen LogP contribution in [0.2, 0.25) is 0 Å². The van der Waals surface area contributed by atoms with E-state index in [0.29, 0.717) is 5.03 Å². The maximum Gasteiger partial charge on any atom is 0.0640 e. The fourth-order valence-electron chi connectivity index (χ4n) is 0.105. The predicted molar refractivity (Wildman–Crippen MR) is 36.1 cm³/mol. The second-order valence-corrected chi connectivity index (χ2v) is 1.73. The second kappa shape index (κ2) is 2.75. The van der Waals surface area contributed by atoms with Crippen LogP contribution < -0.4 is 0 Å². The van der Waals surface area contributed by atoms with E-state index < -0.39 is 0 Å². The molecule has 0 atom stereocenters. The molecule has 0 fully saturated rings. The Bertz CT molecular complexity index is 88.1. The molecule has 0 amide bonds. The van der Waals surface area contributed by atoms with Crippen molar-refractivity contribution in [3.63, 3.8) is 0 Å². The largest absolute Gasteiger partial charge is 0.347 e. The number of rotatable bonds is 2. The van der Waals surface area contributed by atoms with Crippen LogP contribution in [0.3, 0.4) is 0 Å². The SMILES string of the molecule is C=CN(C)C(=C)S. The first-order valence-electron chi connectivity index (χ1n) is 1.91. The Morgan fingerprint density at radius 2 is 2.29 bits per heavy atom. The normalized spacial score (nSPS) is 7.71. The zero-order chi connectivity index (χ0) is 5.86. The topological polar surface area (TPSA) is 3.24 Å². The zero-order valence-corrected chi connectivity index (χ0v) is 5.28. The molecule has 0 aromatic heterocycles. The van der Waals surface area contributed by atoms with E-state index in [1.807, 2.05) is 7.05 Å². The van der Waals surface area contributed by atoms with Gasteiger partial charge in [-0.2, -0.15) is 0 Å². The van der Waals surface area contributed by atoms with Gasteiger partial charge >= 0.3 is 0 Å². The molecule has 0 heterocycles. The maximum atomic E-state index is 3.93. The van der Waals surface area contributed by atoms with Crippen molar-refractivity contribution in [1.82, 2.24) is 4.90 Å². The predicted octanol–water partition coefficient (Wildman–Crippen LogP) is 1.46. The van der Waals surface area contributed by atoms with Crippen LogP contribution in [-0.2, 0) is 0 Å². The van der Waals surface area contributed by atoms with Gasteiger partial charge in [0.2, 0.25) is 0 Å². The Kier molecular flexibility index (Phi) is 2.60. The molecule has 0 aliphatic rings. The molecule has 40 valence electrons. The number of thiol groups is 1. The first kappa shape index (κ1) is 6.63. The summed E-state index contributed by atoms with van der Waals surface area (Å²) in [4.78, 5) is 1.73. The van der Waals surface area contributed by atoms with Crippen LogP contribution in [-0.4, -0.2) is 11.9 Å². The minimum Gasteiger partial charge on any atom is -0.347 e. The smallest absolute Gasteiger partial charge is 0.0640 e. The summed E-state index contributed by atoms with van der Waals surface area (Å²) in [6, 6.07) is 0. The molecule has 0 saturated carbocycles. The van der Waals surface area contributed by atoms with Gasteiger partial charge in [0, 0.05) is 7.05 Å². The molecular formula is C5H9NS. The molecular weight excluding hydrogens is 106 g/mol. The number of nitrogens with zero attached hydrogens (tertiary/aromatic N) is 1. The van der Waals surface area contributed by atoms with E-state index >= 15 is 0 Å². The van der Waals surface area contributed by atoms with Gasteiger partial charge in [0.1, 0.15) is 0 Å². The van der Waals surface area contributed by atoms with Gasteiger partial charge in [0.15, 0.2) is 0 Å². The van der Waals surface area contributed by atoms with Crippen molar-refractivity contribution in [2.24, 2.45) is 0 Å². The Morgan fingerprint density at radius 3 is 2.29 bits per heavy atom. The Labute approximate surface area is 49.7 Å². The van der Waals surface area contributed by atoms with Crippen molar-refractivity contribution in [2.75, 3.05) is 7.05 Å². The van der Waals surface area contributed by atoms with Crippen LogP contribution in [0.5, 0.6) is 0 Å². The second-order valence-electron chi connectivity index (χ2n) is 1.21. The van der Waals surface area contributed by atoms with E-state index in [1.54, 1.807) is 11.1 Å². The monoisotopic (exact) mass is 115 g/mol. The van der Waals surface area contributed by atoms with Gasteiger partial charge in [0.05, 0.1) is 5.03 Å². The molecule has 0 aromatic rings. The van der Waals surface area contributed by atoms with Crippen LogP contribution in [0.4, 0.5) is 0 Å². The van der Waals surface area contributed by atoms with Crippen molar-refractivity contribution in [2.45, 2.75) is 0 Å². The van der Waals surface area contributed by atoms with E-state index in [-0.39, 0.29) is 0 Å². The number of hydrogen-bond donors (Lipinski definition) is 1. The van der Waals surface area contributed by atoms with E-state index in [9.17, 15) is 0 Å². The summed E-state index contributed by atoms with van der Waals surface area (Å²) >= 11 is 3.93. The summed E-state index contributed by atoms with van der Waals surface area (Å²) in [7, 11) is 1.84. The molecule has 0 unspecified atom stereocenters. The number of hydrogen-bond acceptors (Lipinski definition) is 2. The lowest BCUT2D eigenvalue weighted by molar-refractivity contribution is 0.617. The van der Waals surface area contributed by atoms with Gasteiger partial charge < -0.3 is 4.90 Å². The molecule has 2 heteroatoms. The first-order chi connectivity index (χ1) is 3.18. The van der Waals surface area contributed by atoms with Gasteiger partial charge in [-0.15, -0.1) is 12.6 Å². The molecule has 7 heavy (non-hydrogen) atoms. The lowest BCUT2D eigenvalue weighted by Gasteiger charge is -2.09. The molecule has 0 radical (unpaired) electrons. The molecule has 0 aliphatic heterocycles. The zero-order valence-electron chi connectivity index (χ0n) is 4.39. The third-order valence-electron chi connectivity index (χ3n) is 0.681. The van der Waals surface area contributed by atoms with Gasteiger partial charge in [-0.3, -0.25) is 0 Å². The summed E-state index contributed by atoms with van der Waals surface area (Å²) in [6.45, 7) is 7.04. The average molecular weight is 115 g/mol. The third kappa shape index (κ3) is 2.34. The molecule has 0 bridgehead atoms. The van der Waals surface area contributed by atoms with Crippen LogP contribution in [0.15, 0.2) is 24.4 Å².